The van der Waals surface area contributed by atoms with Gasteiger partial charge in [-0.2, -0.15) is 0 Å². The number of carbonyl (C=O) groups is 1. The van der Waals surface area contributed by atoms with Gasteiger partial charge in [-0.3, -0.25) is 4.79 Å². The fourth-order valence-corrected chi connectivity index (χ4v) is 4.20. The zero-order chi connectivity index (χ0) is 18.7. The summed E-state index contributed by atoms with van der Waals surface area (Å²) in [5.74, 6) is 0.175. The molecular weight excluding hydrogens is 348 g/mol. The van der Waals surface area contributed by atoms with Crippen LogP contribution in [-0.2, 0) is 10.0 Å². The average Bonchev–Trinajstić information content (AvgIpc) is 2.65. The van der Waals surface area contributed by atoms with E-state index in [0.29, 0.717) is 18.7 Å². The van der Waals surface area contributed by atoms with Crippen LogP contribution in [0.1, 0.15) is 37.0 Å². The molecule has 0 spiro atoms. The number of amides is 1. The predicted octanol–water partition coefficient (Wildman–Crippen LogP) is 3.02. The van der Waals surface area contributed by atoms with Crippen LogP contribution >= 0.6 is 0 Å². The number of nitrogens with zero attached hydrogens (tertiary/aromatic N) is 1. The summed E-state index contributed by atoms with van der Waals surface area (Å²) in [4.78, 5) is 14.9. The molecule has 0 aromatic heterocycles. The van der Waals surface area contributed by atoms with Crippen molar-refractivity contribution in [1.29, 1.82) is 0 Å². The Morgan fingerprint density at radius 1 is 1.19 bits per heavy atom. The lowest BCUT2D eigenvalue weighted by molar-refractivity contribution is 0.0678. The van der Waals surface area contributed by atoms with Crippen molar-refractivity contribution in [2.75, 3.05) is 19.6 Å². The first-order valence-corrected chi connectivity index (χ1v) is 10.7. The van der Waals surface area contributed by atoms with E-state index in [2.05, 4.69) is 4.72 Å². The SMILES string of the molecule is CC(C)S(=O)(=O)NC[C@H]1CCCN(C(=O)c2cccc3ccccc23)C1. The molecule has 26 heavy (non-hydrogen) atoms. The van der Waals surface area contributed by atoms with Gasteiger partial charge in [0, 0.05) is 25.2 Å². The second-order valence-electron chi connectivity index (χ2n) is 7.23. The van der Waals surface area contributed by atoms with Gasteiger partial charge in [0.1, 0.15) is 0 Å². The standard InChI is InChI=1S/C20H26N2O3S/c1-15(2)26(24,25)21-13-16-7-6-12-22(14-16)20(23)19-11-5-9-17-8-3-4-10-18(17)19/h3-5,8-11,15-16,21H,6-7,12-14H2,1-2H3/t16-/m1/s1. The molecule has 0 aliphatic carbocycles. The molecule has 3 rings (SSSR count). The molecule has 1 aliphatic rings. The molecular formula is C20H26N2O3S. The summed E-state index contributed by atoms with van der Waals surface area (Å²) in [5.41, 5.74) is 0.714. The van der Waals surface area contributed by atoms with Crippen LogP contribution in [0.3, 0.4) is 0 Å². The molecule has 1 heterocycles. The van der Waals surface area contributed by atoms with E-state index in [1.165, 1.54) is 0 Å². The molecule has 6 heteroatoms. The van der Waals surface area contributed by atoms with Crippen molar-refractivity contribution < 1.29 is 13.2 Å². The van der Waals surface area contributed by atoms with E-state index in [-0.39, 0.29) is 11.8 Å². The molecule has 0 unspecified atom stereocenters. The molecule has 1 aliphatic heterocycles. The summed E-state index contributed by atoms with van der Waals surface area (Å²) in [6.07, 6.45) is 1.82. The molecule has 1 fully saturated rings. The van der Waals surface area contributed by atoms with E-state index in [0.717, 1.165) is 30.2 Å². The second kappa shape index (κ2) is 7.76. The summed E-state index contributed by atoms with van der Waals surface area (Å²) >= 11 is 0. The molecule has 0 radical (unpaired) electrons. The van der Waals surface area contributed by atoms with Crippen molar-refractivity contribution >= 4 is 26.7 Å². The van der Waals surface area contributed by atoms with Crippen LogP contribution in [0.15, 0.2) is 42.5 Å². The van der Waals surface area contributed by atoms with Crippen molar-refractivity contribution in [1.82, 2.24) is 9.62 Å². The highest BCUT2D eigenvalue weighted by molar-refractivity contribution is 7.90. The van der Waals surface area contributed by atoms with Crippen molar-refractivity contribution in [2.45, 2.75) is 31.9 Å². The molecule has 1 atom stereocenters. The van der Waals surface area contributed by atoms with E-state index < -0.39 is 15.3 Å². The van der Waals surface area contributed by atoms with Crippen molar-refractivity contribution in [2.24, 2.45) is 5.92 Å². The Kier molecular flexibility index (Phi) is 5.63. The first-order chi connectivity index (χ1) is 12.4. The number of rotatable bonds is 5. The van der Waals surface area contributed by atoms with Crippen LogP contribution < -0.4 is 4.72 Å². The Labute approximate surface area is 155 Å². The fourth-order valence-electron chi connectivity index (χ4n) is 3.40. The minimum absolute atomic E-state index is 0.0261. The monoisotopic (exact) mass is 374 g/mol. The molecule has 5 nitrogen and oxygen atoms in total. The van der Waals surface area contributed by atoms with Gasteiger partial charge in [0.05, 0.1) is 5.25 Å². The zero-order valence-corrected chi connectivity index (χ0v) is 16.1. The lowest BCUT2D eigenvalue weighted by Crippen LogP contribution is -2.44. The Morgan fingerprint density at radius 3 is 2.69 bits per heavy atom. The third-order valence-electron chi connectivity index (χ3n) is 5.02. The third-order valence-corrected chi connectivity index (χ3v) is 6.83. The maximum Gasteiger partial charge on any atom is 0.254 e. The first-order valence-electron chi connectivity index (χ1n) is 9.14. The third kappa shape index (κ3) is 4.07. The number of hydrogen-bond donors (Lipinski definition) is 1. The smallest absolute Gasteiger partial charge is 0.254 e. The number of carbonyl (C=O) groups excluding carboxylic acids is 1. The van der Waals surface area contributed by atoms with E-state index in [1.54, 1.807) is 13.8 Å². The Morgan fingerprint density at radius 2 is 1.92 bits per heavy atom. The summed E-state index contributed by atoms with van der Waals surface area (Å²) in [6.45, 7) is 5.02. The Balaban J connectivity index is 1.72. The number of hydrogen-bond acceptors (Lipinski definition) is 3. The van der Waals surface area contributed by atoms with Crippen LogP contribution in [0.5, 0.6) is 0 Å². The van der Waals surface area contributed by atoms with Crippen LogP contribution in [0.4, 0.5) is 0 Å². The highest BCUT2D eigenvalue weighted by Gasteiger charge is 2.26. The molecule has 2 aromatic rings. The topological polar surface area (TPSA) is 66.5 Å². The summed E-state index contributed by atoms with van der Waals surface area (Å²) < 4.78 is 26.6. The lowest BCUT2D eigenvalue weighted by Gasteiger charge is -2.33. The van der Waals surface area contributed by atoms with Gasteiger partial charge < -0.3 is 4.90 Å². The number of fused-ring (bicyclic) bond motifs is 1. The minimum atomic E-state index is -3.27. The predicted molar refractivity (Wildman–Crippen MR) is 105 cm³/mol. The first kappa shape index (κ1) is 18.9. The number of benzene rings is 2. The van der Waals surface area contributed by atoms with Crippen LogP contribution in [0, 0.1) is 5.92 Å². The van der Waals surface area contributed by atoms with Crippen LogP contribution in [0.25, 0.3) is 10.8 Å². The van der Waals surface area contributed by atoms with Gasteiger partial charge in [-0.1, -0.05) is 36.4 Å². The average molecular weight is 375 g/mol. The maximum atomic E-state index is 13.1. The Hall–Kier alpha value is -1.92. The van der Waals surface area contributed by atoms with Gasteiger partial charge in [0.2, 0.25) is 10.0 Å². The quantitative estimate of drug-likeness (QED) is 0.875. The number of sulfonamides is 1. The van der Waals surface area contributed by atoms with Gasteiger partial charge in [0.15, 0.2) is 0 Å². The summed E-state index contributed by atoms with van der Waals surface area (Å²) in [7, 11) is -3.27. The van der Waals surface area contributed by atoms with E-state index in [1.807, 2.05) is 47.4 Å². The second-order valence-corrected chi connectivity index (χ2v) is 9.55. The molecule has 1 N–H and O–H groups in total. The molecule has 140 valence electrons. The summed E-state index contributed by atoms with van der Waals surface area (Å²) in [6, 6.07) is 13.7. The highest BCUT2D eigenvalue weighted by Crippen LogP contribution is 2.23. The molecule has 1 amide bonds. The maximum absolute atomic E-state index is 13.1. The van der Waals surface area contributed by atoms with Gasteiger partial charge in [-0.25, -0.2) is 13.1 Å². The zero-order valence-electron chi connectivity index (χ0n) is 15.3. The van der Waals surface area contributed by atoms with Gasteiger partial charge in [-0.05, 0) is 49.4 Å². The van der Waals surface area contributed by atoms with Crippen LogP contribution in [-0.4, -0.2) is 44.1 Å². The van der Waals surface area contributed by atoms with Gasteiger partial charge in [0.25, 0.3) is 5.91 Å². The molecule has 1 saturated heterocycles. The molecule has 2 aromatic carbocycles. The molecule has 0 saturated carbocycles. The van der Waals surface area contributed by atoms with Gasteiger partial charge in [-0.15, -0.1) is 0 Å². The van der Waals surface area contributed by atoms with Crippen molar-refractivity contribution in [3.63, 3.8) is 0 Å². The number of likely N-dealkylation sites (tertiary alicyclic amines) is 1. The van der Waals surface area contributed by atoms with Crippen molar-refractivity contribution in [3.8, 4) is 0 Å². The largest absolute Gasteiger partial charge is 0.338 e. The normalized spacial score (nSPS) is 18.4. The van der Waals surface area contributed by atoms with Crippen molar-refractivity contribution in [3.05, 3.63) is 48.0 Å². The summed E-state index contributed by atoms with van der Waals surface area (Å²) in [5, 5.41) is 1.57. The molecule has 0 bridgehead atoms. The van der Waals surface area contributed by atoms with Crippen LogP contribution in [0.2, 0.25) is 0 Å². The van der Waals surface area contributed by atoms with Gasteiger partial charge >= 0.3 is 0 Å². The van der Waals surface area contributed by atoms with E-state index in [4.69, 9.17) is 0 Å². The van der Waals surface area contributed by atoms with E-state index >= 15 is 0 Å². The Bertz CT molecular complexity index is 888. The fraction of sp³-hybridized carbons (Fsp3) is 0.450. The number of piperidine rings is 1. The minimum Gasteiger partial charge on any atom is -0.338 e. The number of nitrogens with one attached hydrogen (secondary N) is 1. The highest BCUT2D eigenvalue weighted by atomic mass is 32.2. The van der Waals surface area contributed by atoms with E-state index in [9.17, 15) is 13.2 Å². The lowest BCUT2D eigenvalue weighted by atomic mass is 9.96.